The summed E-state index contributed by atoms with van der Waals surface area (Å²) < 4.78 is 31.0. The van der Waals surface area contributed by atoms with Crippen molar-refractivity contribution in [3.05, 3.63) is 41.8 Å². The van der Waals surface area contributed by atoms with Gasteiger partial charge in [-0.25, -0.2) is 13.2 Å². The van der Waals surface area contributed by atoms with Crippen LogP contribution < -0.4 is 4.72 Å². The van der Waals surface area contributed by atoms with Gasteiger partial charge in [0.05, 0.1) is 16.7 Å². The fourth-order valence-corrected chi connectivity index (χ4v) is 2.75. The molecule has 2 N–H and O–H groups in total. The Balaban J connectivity index is 2.42. The van der Waals surface area contributed by atoms with E-state index in [0.717, 1.165) is 12.3 Å². The fraction of sp³-hybridized carbons (Fsp3) is 0.167. The van der Waals surface area contributed by atoms with E-state index in [1.54, 1.807) is 6.92 Å². The smallest absolute Gasteiger partial charge is 0.336 e. The third-order valence-electron chi connectivity index (χ3n) is 2.69. The highest BCUT2D eigenvalue weighted by atomic mass is 32.2. The van der Waals surface area contributed by atoms with Gasteiger partial charge in [0, 0.05) is 0 Å². The van der Waals surface area contributed by atoms with Crippen LogP contribution >= 0.6 is 0 Å². The number of carbonyl (C=O) groups is 1. The van der Waals surface area contributed by atoms with Crippen LogP contribution in [0.2, 0.25) is 0 Å². The van der Waals surface area contributed by atoms with E-state index in [9.17, 15) is 13.2 Å². The van der Waals surface area contributed by atoms with Gasteiger partial charge in [0.1, 0.15) is 12.0 Å². The third-order valence-corrected chi connectivity index (χ3v) is 4.07. The van der Waals surface area contributed by atoms with Crippen LogP contribution in [0.3, 0.4) is 0 Å². The molecule has 1 heterocycles. The maximum atomic E-state index is 12.1. The van der Waals surface area contributed by atoms with Crippen molar-refractivity contribution in [1.29, 1.82) is 0 Å². The second-order valence-electron chi connectivity index (χ2n) is 4.00. The van der Waals surface area contributed by atoms with Gasteiger partial charge in [-0.05, 0) is 24.1 Å². The number of benzene rings is 1. The molecule has 0 atom stereocenters. The van der Waals surface area contributed by atoms with Crippen LogP contribution in [-0.4, -0.2) is 24.7 Å². The summed E-state index contributed by atoms with van der Waals surface area (Å²) in [6.07, 6.45) is 2.84. The quantitative estimate of drug-likeness (QED) is 0.869. The second kappa shape index (κ2) is 5.33. The summed E-state index contributed by atoms with van der Waals surface area (Å²) in [6.45, 7) is 1.80. The van der Waals surface area contributed by atoms with Crippen LogP contribution in [0.15, 0.2) is 40.1 Å². The summed E-state index contributed by atoms with van der Waals surface area (Å²) in [6, 6.07) is 3.99. The molecule has 8 heteroatoms. The van der Waals surface area contributed by atoms with Gasteiger partial charge in [0.25, 0.3) is 10.0 Å². The number of carboxylic acids is 1. The molecule has 0 unspecified atom stereocenters. The zero-order valence-corrected chi connectivity index (χ0v) is 11.3. The Kier molecular flexibility index (Phi) is 3.75. The summed E-state index contributed by atoms with van der Waals surface area (Å²) in [5.41, 5.74) is 0.712. The van der Waals surface area contributed by atoms with Crippen LogP contribution in [0.5, 0.6) is 0 Å². The fourth-order valence-electron chi connectivity index (χ4n) is 1.70. The molecule has 1 aromatic carbocycles. The second-order valence-corrected chi connectivity index (χ2v) is 5.68. The first-order valence-corrected chi connectivity index (χ1v) is 7.20. The van der Waals surface area contributed by atoms with Gasteiger partial charge < -0.3 is 9.63 Å². The standard InChI is InChI=1S/C12H12N2O5S/c1-2-8-3-4-10(5-11(8)12(15)16)20(17,18)14-9-6-13-19-7-9/h3-7,14H,2H2,1H3,(H,15,16). The summed E-state index contributed by atoms with van der Waals surface area (Å²) in [5.74, 6) is -1.16. The number of carboxylic acid groups (broad SMARTS) is 1. The van der Waals surface area contributed by atoms with Gasteiger partial charge in [0.2, 0.25) is 0 Å². The molecular formula is C12H12N2O5S. The van der Waals surface area contributed by atoms with Gasteiger partial charge in [-0.15, -0.1) is 0 Å². The van der Waals surface area contributed by atoms with Crippen LogP contribution in [0.4, 0.5) is 5.69 Å². The molecule has 0 radical (unpaired) electrons. The predicted molar refractivity (Wildman–Crippen MR) is 70.1 cm³/mol. The van der Waals surface area contributed by atoms with Crippen molar-refractivity contribution in [2.45, 2.75) is 18.2 Å². The number of hydrogen-bond donors (Lipinski definition) is 2. The number of nitrogens with one attached hydrogen (secondary N) is 1. The van der Waals surface area contributed by atoms with Crippen LogP contribution in [0.1, 0.15) is 22.8 Å². The molecule has 0 aliphatic carbocycles. The van der Waals surface area contributed by atoms with Crippen molar-refractivity contribution < 1.29 is 22.8 Å². The number of hydrogen-bond acceptors (Lipinski definition) is 5. The Hall–Kier alpha value is -2.35. The molecule has 2 aromatic rings. The van der Waals surface area contributed by atoms with Crippen LogP contribution in [-0.2, 0) is 16.4 Å². The molecule has 0 amide bonds. The summed E-state index contributed by atoms with van der Waals surface area (Å²) >= 11 is 0. The molecule has 7 nitrogen and oxygen atoms in total. The molecule has 0 bridgehead atoms. The first-order chi connectivity index (χ1) is 9.44. The number of aromatic nitrogens is 1. The summed E-state index contributed by atoms with van der Waals surface area (Å²) in [5, 5.41) is 12.5. The van der Waals surface area contributed by atoms with E-state index in [4.69, 9.17) is 5.11 Å². The summed E-state index contributed by atoms with van der Waals surface area (Å²) in [4.78, 5) is 11.0. The largest absolute Gasteiger partial charge is 0.478 e. The minimum atomic E-state index is -3.88. The summed E-state index contributed by atoms with van der Waals surface area (Å²) in [7, 11) is -3.88. The minimum Gasteiger partial charge on any atom is -0.478 e. The lowest BCUT2D eigenvalue weighted by atomic mass is 10.1. The number of anilines is 1. The molecule has 0 aliphatic heterocycles. The van der Waals surface area contributed by atoms with E-state index in [1.807, 2.05) is 0 Å². The van der Waals surface area contributed by atoms with E-state index in [0.29, 0.717) is 12.0 Å². The molecule has 0 aliphatic rings. The number of aromatic carboxylic acids is 1. The van der Waals surface area contributed by atoms with Crippen molar-refractivity contribution >= 4 is 21.7 Å². The molecule has 0 fully saturated rings. The van der Waals surface area contributed by atoms with Crippen molar-refractivity contribution in [3.63, 3.8) is 0 Å². The van der Waals surface area contributed by atoms with Crippen LogP contribution in [0.25, 0.3) is 0 Å². The monoisotopic (exact) mass is 296 g/mol. The molecule has 0 saturated heterocycles. The zero-order chi connectivity index (χ0) is 14.8. The number of sulfonamides is 1. The van der Waals surface area contributed by atoms with E-state index < -0.39 is 16.0 Å². The topological polar surface area (TPSA) is 110 Å². The van der Waals surface area contributed by atoms with E-state index >= 15 is 0 Å². The van der Waals surface area contributed by atoms with Gasteiger partial charge in [-0.1, -0.05) is 18.1 Å². The lowest BCUT2D eigenvalue weighted by molar-refractivity contribution is 0.0695. The lowest BCUT2D eigenvalue weighted by Crippen LogP contribution is -2.14. The van der Waals surface area contributed by atoms with E-state index in [2.05, 4.69) is 14.4 Å². The van der Waals surface area contributed by atoms with Crippen molar-refractivity contribution in [2.75, 3.05) is 4.72 Å². The molecular weight excluding hydrogens is 284 g/mol. The Bertz CT molecular complexity index is 722. The Morgan fingerprint density at radius 2 is 2.20 bits per heavy atom. The maximum Gasteiger partial charge on any atom is 0.336 e. The molecule has 20 heavy (non-hydrogen) atoms. The SMILES string of the molecule is CCc1ccc(S(=O)(=O)Nc2cnoc2)cc1C(=O)O. The molecule has 0 saturated carbocycles. The molecule has 106 valence electrons. The zero-order valence-electron chi connectivity index (χ0n) is 10.5. The predicted octanol–water partition coefficient (Wildman–Crippen LogP) is 1.74. The van der Waals surface area contributed by atoms with E-state index in [1.165, 1.54) is 18.3 Å². The highest BCUT2D eigenvalue weighted by Gasteiger charge is 2.19. The average Bonchev–Trinajstić information content (AvgIpc) is 2.89. The molecule has 0 spiro atoms. The Morgan fingerprint density at radius 1 is 1.45 bits per heavy atom. The number of aryl methyl sites for hydroxylation is 1. The lowest BCUT2D eigenvalue weighted by Gasteiger charge is -2.09. The van der Waals surface area contributed by atoms with Crippen LogP contribution in [0, 0.1) is 0 Å². The first kappa shape index (κ1) is 14.1. The first-order valence-electron chi connectivity index (χ1n) is 5.72. The average molecular weight is 296 g/mol. The van der Waals surface area contributed by atoms with Crippen molar-refractivity contribution in [1.82, 2.24) is 5.16 Å². The maximum absolute atomic E-state index is 12.1. The highest BCUT2D eigenvalue weighted by Crippen LogP contribution is 2.19. The normalized spacial score (nSPS) is 11.2. The number of nitrogens with zero attached hydrogens (tertiary/aromatic N) is 1. The Morgan fingerprint density at radius 3 is 2.75 bits per heavy atom. The van der Waals surface area contributed by atoms with Crippen molar-refractivity contribution in [3.8, 4) is 0 Å². The van der Waals surface area contributed by atoms with Gasteiger partial charge >= 0.3 is 5.97 Å². The van der Waals surface area contributed by atoms with Gasteiger partial charge in [-0.2, -0.15) is 0 Å². The van der Waals surface area contributed by atoms with E-state index in [-0.39, 0.29) is 16.1 Å². The minimum absolute atomic E-state index is 0.0271. The number of rotatable bonds is 5. The highest BCUT2D eigenvalue weighted by molar-refractivity contribution is 7.92. The molecule has 1 aromatic heterocycles. The van der Waals surface area contributed by atoms with Crippen molar-refractivity contribution in [2.24, 2.45) is 0 Å². The Labute approximate surface area is 115 Å². The van der Waals surface area contributed by atoms with Gasteiger partial charge in [-0.3, -0.25) is 4.72 Å². The molecule has 2 rings (SSSR count). The van der Waals surface area contributed by atoms with Gasteiger partial charge in [0.15, 0.2) is 0 Å². The third kappa shape index (κ3) is 2.80.